The Hall–Kier alpha value is -1.32. The van der Waals surface area contributed by atoms with Gasteiger partial charge in [-0.1, -0.05) is 13.3 Å². The molecule has 1 rings (SSSR count). The molecular weight excluding hydrogens is 178 g/mol. The molecule has 1 heterocycles. The number of nitrogens with one attached hydrogen (secondary N) is 1. The van der Waals surface area contributed by atoms with Crippen LogP contribution in [0.4, 0.5) is 5.82 Å². The van der Waals surface area contributed by atoms with Crippen molar-refractivity contribution in [1.29, 1.82) is 0 Å². The van der Waals surface area contributed by atoms with Crippen molar-refractivity contribution in [2.75, 3.05) is 19.0 Å². The molecule has 0 unspecified atom stereocenters. The molecule has 0 atom stereocenters. The number of aromatic nitrogens is 2. The van der Waals surface area contributed by atoms with Crippen LogP contribution in [0.3, 0.4) is 0 Å². The van der Waals surface area contributed by atoms with E-state index in [-0.39, 0.29) is 0 Å². The van der Waals surface area contributed by atoms with Gasteiger partial charge in [-0.2, -0.15) is 0 Å². The first kappa shape index (κ1) is 10.8. The Morgan fingerprint density at radius 2 is 2.21 bits per heavy atom. The summed E-state index contributed by atoms with van der Waals surface area (Å²) < 4.78 is 5.53. The van der Waals surface area contributed by atoms with Gasteiger partial charge in [0.1, 0.15) is 12.1 Å². The quantitative estimate of drug-likeness (QED) is 0.730. The third kappa shape index (κ3) is 2.58. The Bertz CT molecular complexity index is 289. The zero-order valence-electron chi connectivity index (χ0n) is 9.00. The molecule has 4 heteroatoms. The monoisotopic (exact) mass is 195 g/mol. The van der Waals surface area contributed by atoms with Crippen molar-refractivity contribution < 1.29 is 4.74 Å². The van der Waals surface area contributed by atoms with Crippen molar-refractivity contribution >= 4 is 5.82 Å². The second kappa shape index (κ2) is 5.42. The molecule has 0 radical (unpaired) electrons. The lowest BCUT2D eigenvalue weighted by molar-refractivity contribution is 0.295. The van der Waals surface area contributed by atoms with E-state index in [9.17, 15) is 0 Å². The summed E-state index contributed by atoms with van der Waals surface area (Å²) in [5, 5.41) is 2.99. The van der Waals surface area contributed by atoms with E-state index in [0.717, 1.165) is 30.8 Å². The second-order valence-corrected chi connectivity index (χ2v) is 3.10. The summed E-state index contributed by atoms with van der Waals surface area (Å²) in [5.41, 5.74) is 0.964. The maximum absolute atomic E-state index is 5.53. The molecular formula is C10H17N3O. The van der Waals surface area contributed by atoms with Gasteiger partial charge >= 0.3 is 0 Å². The first-order chi connectivity index (χ1) is 6.79. The van der Waals surface area contributed by atoms with E-state index in [2.05, 4.69) is 22.2 Å². The Morgan fingerprint density at radius 3 is 2.86 bits per heavy atom. The number of ether oxygens (including phenoxy) is 1. The van der Waals surface area contributed by atoms with Crippen LogP contribution in [0.2, 0.25) is 0 Å². The molecule has 0 saturated carbocycles. The SMILES string of the molecule is CCCCOc1ncnc(NC)c1C. The molecule has 0 aliphatic heterocycles. The van der Waals surface area contributed by atoms with Gasteiger partial charge in [0.2, 0.25) is 5.88 Å². The largest absolute Gasteiger partial charge is 0.477 e. The molecule has 1 N–H and O–H groups in total. The summed E-state index contributed by atoms with van der Waals surface area (Å²) in [7, 11) is 1.84. The van der Waals surface area contributed by atoms with E-state index in [1.807, 2.05) is 14.0 Å². The highest BCUT2D eigenvalue weighted by Crippen LogP contribution is 2.19. The van der Waals surface area contributed by atoms with Crippen LogP contribution in [-0.2, 0) is 0 Å². The van der Waals surface area contributed by atoms with Crippen molar-refractivity contribution in [2.24, 2.45) is 0 Å². The fourth-order valence-corrected chi connectivity index (χ4v) is 1.14. The van der Waals surface area contributed by atoms with Crippen molar-refractivity contribution in [3.05, 3.63) is 11.9 Å². The van der Waals surface area contributed by atoms with Gasteiger partial charge in [0.15, 0.2) is 0 Å². The van der Waals surface area contributed by atoms with Crippen molar-refractivity contribution in [2.45, 2.75) is 26.7 Å². The van der Waals surface area contributed by atoms with E-state index in [0.29, 0.717) is 5.88 Å². The predicted molar refractivity (Wildman–Crippen MR) is 56.7 cm³/mol. The van der Waals surface area contributed by atoms with Crippen LogP contribution in [0.1, 0.15) is 25.3 Å². The molecule has 0 fully saturated rings. The number of rotatable bonds is 5. The fourth-order valence-electron chi connectivity index (χ4n) is 1.14. The average Bonchev–Trinajstić information content (AvgIpc) is 2.21. The standard InChI is InChI=1S/C10H17N3O/c1-4-5-6-14-10-8(2)9(11-3)12-7-13-10/h7H,4-6H2,1-3H3,(H,11,12,13). The third-order valence-corrected chi connectivity index (χ3v) is 2.01. The third-order valence-electron chi connectivity index (χ3n) is 2.01. The van der Waals surface area contributed by atoms with Crippen molar-refractivity contribution in [1.82, 2.24) is 9.97 Å². The highest BCUT2D eigenvalue weighted by Gasteiger charge is 2.05. The Balaban J connectivity index is 2.66. The van der Waals surface area contributed by atoms with Crippen molar-refractivity contribution in [3.63, 3.8) is 0 Å². The molecule has 1 aromatic heterocycles. The number of nitrogens with zero attached hydrogens (tertiary/aromatic N) is 2. The van der Waals surface area contributed by atoms with E-state index in [1.165, 1.54) is 6.33 Å². The summed E-state index contributed by atoms with van der Waals surface area (Å²) in [4.78, 5) is 8.17. The van der Waals surface area contributed by atoms with Gasteiger partial charge in [-0.05, 0) is 13.3 Å². The molecule has 4 nitrogen and oxygen atoms in total. The molecule has 14 heavy (non-hydrogen) atoms. The molecule has 0 spiro atoms. The molecule has 0 aliphatic carbocycles. The van der Waals surface area contributed by atoms with Crippen LogP contribution in [0.25, 0.3) is 0 Å². The zero-order valence-corrected chi connectivity index (χ0v) is 9.00. The normalized spacial score (nSPS) is 9.93. The smallest absolute Gasteiger partial charge is 0.221 e. The van der Waals surface area contributed by atoms with E-state index in [4.69, 9.17) is 4.74 Å². The van der Waals surface area contributed by atoms with Gasteiger partial charge in [0, 0.05) is 7.05 Å². The average molecular weight is 195 g/mol. The number of hydrogen-bond donors (Lipinski definition) is 1. The molecule has 78 valence electrons. The first-order valence-corrected chi connectivity index (χ1v) is 4.91. The van der Waals surface area contributed by atoms with Crippen LogP contribution in [0.5, 0.6) is 5.88 Å². The van der Waals surface area contributed by atoms with Crippen LogP contribution in [-0.4, -0.2) is 23.6 Å². The number of unbranched alkanes of at least 4 members (excludes halogenated alkanes) is 1. The summed E-state index contributed by atoms with van der Waals surface area (Å²) in [6.45, 7) is 4.81. The highest BCUT2D eigenvalue weighted by molar-refractivity contribution is 5.46. The lowest BCUT2D eigenvalue weighted by Crippen LogP contribution is -2.04. The maximum atomic E-state index is 5.53. The second-order valence-electron chi connectivity index (χ2n) is 3.10. The molecule has 1 aromatic rings. The Kier molecular flexibility index (Phi) is 4.16. The minimum Gasteiger partial charge on any atom is -0.477 e. The maximum Gasteiger partial charge on any atom is 0.221 e. The van der Waals surface area contributed by atoms with Crippen LogP contribution in [0, 0.1) is 6.92 Å². The predicted octanol–water partition coefficient (Wildman–Crippen LogP) is 2.01. The number of anilines is 1. The lowest BCUT2D eigenvalue weighted by Gasteiger charge is -2.09. The first-order valence-electron chi connectivity index (χ1n) is 4.91. The molecule has 0 aliphatic rings. The van der Waals surface area contributed by atoms with Gasteiger partial charge in [0.25, 0.3) is 0 Å². The Labute approximate surface area is 84.7 Å². The minimum absolute atomic E-state index is 0.679. The van der Waals surface area contributed by atoms with Gasteiger partial charge in [-0.25, -0.2) is 9.97 Å². The molecule has 0 amide bonds. The van der Waals surface area contributed by atoms with E-state index in [1.54, 1.807) is 0 Å². The lowest BCUT2D eigenvalue weighted by atomic mass is 10.3. The molecule has 0 aromatic carbocycles. The van der Waals surface area contributed by atoms with Gasteiger partial charge in [-0.3, -0.25) is 0 Å². The van der Waals surface area contributed by atoms with Crippen LogP contribution < -0.4 is 10.1 Å². The van der Waals surface area contributed by atoms with Crippen molar-refractivity contribution in [3.8, 4) is 5.88 Å². The fraction of sp³-hybridized carbons (Fsp3) is 0.600. The summed E-state index contributed by atoms with van der Waals surface area (Å²) in [6, 6.07) is 0. The van der Waals surface area contributed by atoms with E-state index >= 15 is 0 Å². The summed E-state index contributed by atoms with van der Waals surface area (Å²) in [6.07, 6.45) is 3.70. The van der Waals surface area contributed by atoms with Gasteiger partial charge in [0.05, 0.1) is 12.2 Å². The van der Waals surface area contributed by atoms with Crippen LogP contribution >= 0.6 is 0 Å². The highest BCUT2D eigenvalue weighted by atomic mass is 16.5. The topological polar surface area (TPSA) is 47.0 Å². The molecule has 0 saturated heterocycles. The Morgan fingerprint density at radius 1 is 1.43 bits per heavy atom. The molecule has 0 bridgehead atoms. The minimum atomic E-state index is 0.679. The summed E-state index contributed by atoms with van der Waals surface area (Å²) >= 11 is 0. The van der Waals surface area contributed by atoms with Gasteiger partial charge < -0.3 is 10.1 Å². The summed E-state index contributed by atoms with van der Waals surface area (Å²) in [5.74, 6) is 1.50. The zero-order chi connectivity index (χ0) is 10.4. The van der Waals surface area contributed by atoms with E-state index < -0.39 is 0 Å². The van der Waals surface area contributed by atoms with Gasteiger partial charge in [-0.15, -0.1) is 0 Å². The van der Waals surface area contributed by atoms with Crippen LogP contribution in [0.15, 0.2) is 6.33 Å². The number of hydrogen-bond acceptors (Lipinski definition) is 4.